The summed E-state index contributed by atoms with van der Waals surface area (Å²) < 4.78 is 0. The Morgan fingerprint density at radius 2 is 1.89 bits per heavy atom. The van der Waals surface area contributed by atoms with Gasteiger partial charge in [0.1, 0.15) is 0 Å². The first kappa shape index (κ1) is 14.0. The van der Waals surface area contributed by atoms with Crippen molar-refractivity contribution in [1.82, 2.24) is 4.90 Å². The van der Waals surface area contributed by atoms with Crippen molar-refractivity contribution in [2.75, 3.05) is 19.6 Å². The number of carbonyl (C=O) groups excluding carboxylic acids is 1. The van der Waals surface area contributed by atoms with Crippen molar-refractivity contribution in [1.29, 1.82) is 0 Å². The molecule has 2 rings (SSSR count). The molecule has 0 aromatic heterocycles. The molecule has 1 fully saturated rings. The number of hydrogen-bond acceptors (Lipinski definition) is 3. The molecule has 1 aromatic rings. The van der Waals surface area contributed by atoms with Gasteiger partial charge in [-0.2, -0.15) is 0 Å². The van der Waals surface area contributed by atoms with Crippen LogP contribution in [-0.4, -0.2) is 30.4 Å². The van der Waals surface area contributed by atoms with Crippen LogP contribution in [0.15, 0.2) is 30.3 Å². The van der Waals surface area contributed by atoms with E-state index in [1.165, 1.54) is 5.56 Å². The summed E-state index contributed by atoms with van der Waals surface area (Å²) in [5.74, 6) is 0.264. The third-order valence-corrected chi connectivity index (χ3v) is 3.99. The Balaban J connectivity index is 1.94. The molecule has 1 aromatic carbocycles. The first-order valence-electron chi connectivity index (χ1n) is 6.98. The van der Waals surface area contributed by atoms with Crippen molar-refractivity contribution in [2.24, 2.45) is 17.4 Å². The molecule has 0 spiro atoms. The van der Waals surface area contributed by atoms with Crippen LogP contribution in [-0.2, 0) is 4.79 Å². The lowest BCUT2D eigenvalue weighted by atomic mass is 9.91. The fourth-order valence-corrected chi connectivity index (χ4v) is 2.92. The first-order chi connectivity index (χ1) is 9.20. The minimum absolute atomic E-state index is 0.183. The largest absolute Gasteiger partial charge is 0.370 e. The summed E-state index contributed by atoms with van der Waals surface area (Å²) in [6.07, 6.45) is 2.59. The Morgan fingerprint density at radius 1 is 1.26 bits per heavy atom. The van der Waals surface area contributed by atoms with Gasteiger partial charge in [0, 0.05) is 19.0 Å². The third-order valence-electron chi connectivity index (χ3n) is 3.99. The van der Waals surface area contributed by atoms with Gasteiger partial charge in [0.2, 0.25) is 5.91 Å². The number of carbonyl (C=O) groups is 1. The Bertz CT molecular complexity index is 399. The zero-order valence-electron chi connectivity index (χ0n) is 11.3. The minimum Gasteiger partial charge on any atom is -0.370 e. The zero-order valence-corrected chi connectivity index (χ0v) is 11.3. The van der Waals surface area contributed by atoms with Gasteiger partial charge in [-0.05, 0) is 37.4 Å². The summed E-state index contributed by atoms with van der Waals surface area (Å²) in [6, 6.07) is 10.7. The van der Waals surface area contributed by atoms with Gasteiger partial charge >= 0.3 is 0 Å². The molecular formula is C15H23N3O. The average molecular weight is 261 g/mol. The van der Waals surface area contributed by atoms with E-state index in [1.54, 1.807) is 0 Å². The molecule has 0 aliphatic carbocycles. The summed E-state index contributed by atoms with van der Waals surface area (Å²) in [5, 5.41) is 0. The molecular weight excluding hydrogens is 238 g/mol. The average Bonchev–Trinajstić information content (AvgIpc) is 2.42. The molecule has 1 aliphatic rings. The Hall–Kier alpha value is -1.39. The summed E-state index contributed by atoms with van der Waals surface area (Å²) in [5.41, 5.74) is 12.5. The van der Waals surface area contributed by atoms with E-state index >= 15 is 0 Å². The Morgan fingerprint density at radius 3 is 2.42 bits per heavy atom. The molecule has 1 aliphatic heterocycles. The van der Waals surface area contributed by atoms with Crippen LogP contribution in [0.1, 0.15) is 30.9 Å². The second-order valence-electron chi connectivity index (χ2n) is 5.31. The number of amides is 1. The molecule has 1 unspecified atom stereocenters. The monoisotopic (exact) mass is 261 g/mol. The summed E-state index contributed by atoms with van der Waals surface area (Å²) in [6.45, 7) is 2.62. The molecule has 0 radical (unpaired) electrons. The van der Waals surface area contributed by atoms with Gasteiger partial charge in [0.25, 0.3) is 0 Å². The van der Waals surface area contributed by atoms with E-state index < -0.39 is 0 Å². The van der Waals surface area contributed by atoms with Crippen molar-refractivity contribution < 1.29 is 4.79 Å². The van der Waals surface area contributed by atoms with E-state index in [4.69, 9.17) is 11.5 Å². The van der Waals surface area contributed by atoms with Crippen molar-refractivity contribution in [3.8, 4) is 0 Å². The van der Waals surface area contributed by atoms with E-state index in [9.17, 15) is 4.79 Å². The van der Waals surface area contributed by atoms with Gasteiger partial charge in [-0.25, -0.2) is 0 Å². The third kappa shape index (κ3) is 3.78. The van der Waals surface area contributed by atoms with Crippen LogP contribution >= 0.6 is 0 Å². The van der Waals surface area contributed by atoms with Gasteiger partial charge in [-0.15, -0.1) is 0 Å². The number of rotatable bonds is 5. The maximum absolute atomic E-state index is 10.9. The highest BCUT2D eigenvalue weighted by molar-refractivity contribution is 5.73. The van der Waals surface area contributed by atoms with Crippen molar-refractivity contribution in [3.05, 3.63) is 35.9 Å². The van der Waals surface area contributed by atoms with Gasteiger partial charge in [-0.1, -0.05) is 30.3 Å². The van der Waals surface area contributed by atoms with E-state index in [1.807, 2.05) is 6.07 Å². The predicted octanol–water partition coefficient (Wildman–Crippen LogP) is 1.27. The predicted molar refractivity (Wildman–Crippen MR) is 76.3 cm³/mol. The van der Waals surface area contributed by atoms with E-state index in [0.29, 0.717) is 18.9 Å². The number of nitrogens with zero attached hydrogens (tertiary/aromatic N) is 1. The number of hydrogen-bond donors (Lipinski definition) is 2. The lowest BCUT2D eigenvalue weighted by Gasteiger charge is -2.37. The molecule has 1 atom stereocenters. The first-order valence-corrected chi connectivity index (χ1v) is 6.98. The molecule has 1 amide bonds. The SMILES string of the molecule is NCC(c1ccccc1)N1CCC(CC(N)=O)CC1. The molecule has 0 saturated carbocycles. The second-order valence-corrected chi connectivity index (χ2v) is 5.31. The summed E-state index contributed by atoms with van der Waals surface area (Å²) >= 11 is 0. The maximum atomic E-state index is 10.9. The van der Waals surface area contributed by atoms with Gasteiger partial charge in [-0.3, -0.25) is 9.69 Å². The van der Waals surface area contributed by atoms with Crippen LogP contribution in [0, 0.1) is 5.92 Å². The molecule has 4 nitrogen and oxygen atoms in total. The van der Waals surface area contributed by atoms with Crippen molar-refractivity contribution >= 4 is 5.91 Å². The Kier molecular flexibility index (Phi) is 4.93. The molecule has 1 heterocycles. The molecule has 0 bridgehead atoms. The van der Waals surface area contributed by atoms with Gasteiger partial charge in [0.15, 0.2) is 0 Å². The number of piperidine rings is 1. The summed E-state index contributed by atoms with van der Waals surface area (Å²) in [4.78, 5) is 13.4. The van der Waals surface area contributed by atoms with E-state index in [0.717, 1.165) is 25.9 Å². The quantitative estimate of drug-likeness (QED) is 0.838. The highest BCUT2D eigenvalue weighted by atomic mass is 16.1. The topological polar surface area (TPSA) is 72.3 Å². The molecule has 104 valence electrons. The van der Waals surface area contributed by atoms with Crippen LogP contribution in [0.3, 0.4) is 0 Å². The van der Waals surface area contributed by atoms with E-state index in [-0.39, 0.29) is 11.9 Å². The second kappa shape index (κ2) is 6.68. The lowest BCUT2D eigenvalue weighted by Crippen LogP contribution is -2.40. The minimum atomic E-state index is -0.183. The highest BCUT2D eigenvalue weighted by Gasteiger charge is 2.25. The normalized spacial score (nSPS) is 19.2. The fraction of sp³-hybridized carbons (Fsp3) is 0.533. The van der Waals surface area contributed by atoms with Crippen molar-refractivity contribution in [2.45, 2.75) is 25.3 Å². The zero-order chi connectivity index (χ0) is 13.7. The fourth-order valence-electron chi connectivity index (χ4n) is 2.92. The maximum Gasteiger partial charge on any atom is 0.217 e. The van der Waals surface area contributed by atoms with Crippen LogP contribution in [0.4, 0.5) is 0 Å². The van der Waals surface area contributed by atoms with Crippen molar-refractivity contribution in [3.63, 3.8) is 0 Å². The van der Waals surface area contributed by atoms with Crippen LogP contribution < -0.4 is 11.5 Å². The standard InChI is InChI=1S/C15H23N3O/c16-11-14(13-4-2-1-3-5-13)18-8-6-12(7-9-18)10-15(17)19/h1-5,12,14H,6-11,16H2,(H2,17,19). The number of benzene rings is 1. The Labute approximate surface area is 114 Å². The number of likely N-dealkylation sites (tertiary alicyclic amines) is 1. The van der Waals surface area contributed by atoms with Crippen LogP contribution in [0.5, 0.6) is 0 Å². The number of nitrogens with two attached hydrogens (primary N) is 2. The molecule has 19 heavy (non-hydrogen) atoms. The molecule has 4 heteroatoms. The highest BCUT2D eigenvalue weighted by Crippen LogP contribution is 2.27. The lowest BCUT2D eigenvalue weighted by molar-refractivity contribution is -0.119. The smallest absolute Gasteiger partial charge is 0.217 e. The van der Waals surface area contributed by atoms with Gasteiger partial charge < -0.3 is 11.5 Å². The number of primary amides is 1. The van der Waals surface area contributed by atoms with E-state index in [2.05, 4.69) is 29.2 Å². The summed E-state index contributed by atoms with van der Waals surface area (Å²) in [7, 11) is 0. The van der Waals surface area contributed by atoms with Crippen LogP contribution in [0.25, 0.3) is 0 Å². The molecule has 1 saturated heterocycles. The molecule has 4 N–H and O–H groups in total. The van der Waals surface area contributed by atoms with Crippen LogP contribution in [0.2, 0.25) is 0 Å². The van der Waals surface area contributed by atoms with Gasteiger partial charge in [0.05, 0.1) is 0 Å².